The van der Waals surface area contributed by atoms with E-state index in [1.54, 1.807) is 12.3 Å². The Kier molecular flexibility index (Phi) is 3.29. The summed E-state index contributed by atoms with van der Waals surface area (Å²) in [5.74, 6) is -0.141. The molecule has 2 aliphatic rings. The molecule has 0 bridgehead atoms. The van der Waals surface area contributed by atoms with Crippen molar-refractivity contribution in [3.63, 3.8) is 0 Å². The molecule has 1 atom stereocenters. The lowest BCUT2D eigenvalue weighted by Crippen LogP contribution is -2.36. The normalized spacial score (nSPS) is 20.5. The van der Waals surface area contributed by atoms with E-state index in [0.29, 0.717) is 12.0 Å². The molecule has 1 aliphatic carbocycles. The second kappa shape index (κ2) is 5.00. The third kappa shape index (κ3) is 2.34. The van der Waals surface area contributed by atoms with Crippen LogP contribution in [0.4, 0.5) is 5.69 Å². The van der Waals surface area contributed by atoms with Gasteiger partial charge in [-0.1, -0.05) is 17.7 Å². The molecule has 0 saturated carbocycles. The van der Waals surface area contributed by atoms with Gasteiger partial charge in [0.1, 0.15) is 11.1 Å². The monoisotopic (exact) mass is 304 g/mol. The van der Waals surface area contributed by atoms with E-state index in [1.807, 2.05) is 13.0 Å². The molecule has 1 N–H and O–H groups in total. The van der Waals surface area contributed by atoms with Crippen molar-refractivity contribution < 1.29 is 9.72 Å². The molecule has 0 spiro atoms. The number of rotatable bonds is 1. The molecule has 6 heteroatoms. The number of Topliss-reactive ketones (excluding diaryl/α,β-unsaturated/α-hetero) is 1. The van der Waals surface area contributed by atoms with Gasteiger partial charge in [-0.15, -0.1) is 0 Å². The molecule has 0 radical (unpaired) electrons. The summed E-state index contributed by atoms with van der Waals surface area (Å²) in [5.41, 5.74) is 3.00. The molecule has 1 unspecified atom stereocenters. The quantitative estimate of drug-likeness (QED) is 0.639. The van der Waals surface area contributed by atoms with E-state index in [2.05, 4.69) is 5.32 Å². The van der Waals surface area contributed by atoms with E-state index in [0.717, 1.165) is 23.1 Å². The van der Waals surface area contributed by atoms with Crippen LogP contribution in [0.2, 0.25) is 5.02 Å². The first kappa shape index (κ1) is 13.8. The smallest absolute Gasteiger partial charge is 0.288 e. The van der Waals surface area contributed by atoms with Gasteiger partial charge in [0.15, 0.2) is 5.78 Å². The number of allylic oxidation sites excluding steroid dienone is 2. The maximum absolute atomic E-state index is 12.7. The number of ketones is 1. The Balaban J connectivity index is 2.10. The predicted molar refractivity (Wildman–Crippen MR) is 79.5 cm³/mol. The molecule has 1 aromatic carbocycles. The Morgan fingerprint density at radius 3 is 2.86 bits per heavy atom. The Morgan fingerprint density at radius 2 is 2.14 bits per heavy atom. The lowest BCUT2D eigenvalue weighted by molar-refractivity contribution is -0.384. The van der Waals surface area contributed by atoms with E-state index < -0.39 is 11.0 Å². The number of carbonyl (C=O) groups is 1. The first-order valence-corrected chi connectivity index (χ1v) is 6.99. The Labute approximate surface area is 126 Å². The number of dihydropyridines is 1. The van der Waals surface area contributed by atoms with Gasteiger partial charge in [-0.25, -0.2) is 0 Å². The van der Waals surface area contributed by atoms with Gasteiger partial charge in [-0.2, -0.15) is 0 Å². The van der Waals surface area contributed by atoms with Gasteiger partial charge in [0.25, 0.3) is 5.69 Å². The highest BCUT2D eigenvalue weighted by Crippen LogP contribution is 2.33. The van der Waals surface area contributed by atoms with Crippen LogP contribution in [0, 0.1) is 10.1 Å². The highest BCUT2D eigenvalue weighted by Gasteiger charge is 2.32. The molecule has 0 fully saturated rings. The van der Waals surface area contributed by atoms with E-state index in [-0.39, 0.29) is 16.5 Å². The van der Waals surface area contributed by atoms with Crippen molar-refractivity contribution >= 4 is 23.1 Å². The number of benzene rings is 1. The van der Waals surface area contributed by atoms with Crippen LogP contribution in [0.25, 0.3) is 0 Å². The lowest BCUT2D eigenvalue weighted by atomic mass is 9.95. The van der Waals surface area contributed by atoms with E-state index in [9.17, 15) is 14.9 Å². The minimum atomic E-state index is -0.560. The maximum Gasteiger partial charge on any atom is 0.288 e. The number of hydrogen-bond donors (Lipinski definition) is 1. The van der Waals surface area contributed by atoms with Crippen molar-refractivity contribution in [1.29, 1.82) is 0 Å². The highest BCUT2D eigenvalue weighted by molar-refractivity contribution is 6.33. The summed E-state index contributed by atoms with van der Waals surface area (Å²) in [4.78, 5) is 23.1. The summed E-state index contributed by atoms with van der Waals surface area (Å²) in [7, 11) is 0. The number of halogens is 1. The molecule has 3 rings (SSSR count). The van der Waals surface area contributed by atoms with Gasteiger partial charge in [-0.3, -0.25) is 14.9 Å². The fourth-order valence-electron chi connectivity index (χ4n) is 2.81. The van der Waals surface area contributed by atoms with E-state index in [1.165, 1.54) is 6.07 Å². The predicted octanol–water partition coefficient (Wildman–Crippen LogP) is 3.18. The molecular formula is C15H13ClN2O3. The van der Waals surface area contributed by atoms with Crippen molar-refractivity contribution in [2.24, 2.45) is 0 Å². The number of aryl methyl sites for hydroxylation is 1. The van der Waals surface area contributed by atoms with Crippen LogP contribution in [0.3, 0.4) is 0 Å². The number of nitro groups is 1. The molecular weight excluding hydrogens is 292 g/mol. The third-order valence-corrected chi connectivity index (χ3v) is 4.14. The summed E-state index contributed by atoms with van der Waals surface area (Å²) in [6.07, 6.45) is 5.17. The zero-order valence-electron chi connectivity index (χ0n) is 11.4. The summed E-state index contributed by atoms with van der Waals surface area (Å²) in [6, 6.07) is 2.41. The van der Waals surface area contributed by atoms with Gasteiger partial charge in [0.2, 0.25) is 0 Å². The fourth-order valence-corrected chi connectivity index (χ4v) is 3.07. The van der Waals surface area contributed by atoms with Gasteiger partial charge in [-0.05, 0) is 42.5 Å². The SMILES string of the molecule is CC1=CNC2C(=O)c3cc([N+](=O)[O-])c(Cl)cc3CCC2=C1. The Morgan fingerprint density at radius 1 is 1.38 bits per heavy atom. The first-order chi connectivity index (χ1) is 9.97. The van der Waals surface area contributed by atoms with Crippen molar-refractivity contribution in [3.05, 3.63) is 61.8 Å². The molecule has 5 nitrogen and oxygen atoms in total. The van der Waals surface area contributed by atoms with Crippen LogP contribution in [0.15, 0.2) is 35.6 Å². The van der Waals surface area contributed by atoms with Crippen LogP contribution >= 0.6 is 11.6 Å². The lowest BCUT2D eigenvalue weighted by Gasteiger charge is -2.21. The topological polar surface area (TPSA) is 72.2 Å². The average Bonchev–Trinajstić information content (AvgIpc) is 2.55. The van der Waals surface area contributed by atoms with Gasteiger partial charge < -0.3 is 5.32 Å². The third-order valence-electron chi connectivity index (χ3n) is 3.84. The minimum Gasteiger partial charge on any atom is -0.377 e. The van der Waals surface area contributed by atoms with Gasteiger partial charge >= 0.3 is 0 Å². The summed E-state index contributed by atoms with van der Waals surface area (Å²) < 4.78 is 0. The van der Waals surface area contributed by atoms with Crippen molar-refractivity contribution in [2.45, 2.75) is 25.8 Å². The van der Waals surface area contributed by atoms with Crippen LogP contribution in [-0.2, 0) is 6.42 Å². The molecule has 108 valence electrons. The molecule has 1 aromatic rings. The molecule has 0 aromatic heterocycles. The van der Waals surface area contributed by atoms with Crippen molar-refractivity contribution in [1.82, 2.24) is 5.32 Å². The first-order valence-electron chi connectivity index (χ1n) is 6.61. The van der Waals surface area contributed by atoms with E-state index in [4.69, 9.17) is 11.6 Å². The van der Waals surface area contributed by atoms with Crippen LogP contribution in [0.1, 0.15) is 29.3 Å². The van der Waals surface area contributed by atoms with Crippen LogP contribution in [-0.4, -0.2) is 16.7 Å². The van der Waals surface area contributed by atoms with Crippen LogP contribution in [0.5, 0.6) is 0 Å². The number of carbonyl (C=O) groups excluding carboxylic acids is 1. The zero-order chi connectivity index (χ0) is 15.1. The molecule has 21 heavy (non-hydrogen) atoms. The number of fused-ring (bicyclic) bond motifs is 2. The fraction of sp³-hybridized carbons (Fsp3) is 0.267. The summed E-state index contributed by atoms with van der Waals surface area (Å²) in [6.45, 7) is 1.96. The molecule has 1 aliphatic heterocycles. The number of hydrogen-bond acceptors (Lipinski definition) is 4. The van der Waals surface area contributed by atoms with Crippen LogP contribution < -0.4 is 5.32 Å². The highest BCUT2D eigenvalue weighted by atomic mass is 35.5. The average molecular weight is 305 g/mol. The standard InChI is InChI=1S/C15H13ClN2O3/c1-8-4-10-3-2-9-5-12(16)13(18(20)21)6-11(9)15(19)14(10)17-7-8/h4-7,14,17H,2-3H2,1H3. The van der Waals surface area contributed by atoms with Crippen molar-refractivity contribution in [3.8, 4) is 0 Å². The van der Waals surface area contributed by atoms with E-state index >= 15 is 0 Å². The number of nitrogens with zero attached hydrogens (tertiary/aromatic N) is 1. The molecule has 1 heterocycles. The Bertz CT molecular complexity index is 722. The number of nitro benzene ring substituents is 1. The second-order valence-electron chi connectivity index (χ2n) is 5.29. The molecule has 0 saturated heterocycles. The minimum absolute atomic E-state index is 0.0765. The molecule has 0 amide bonds. The van der Waals surface area contributed by atoms with Gasteiger partial charge in [0, 0.05) is 17.8 Å². The second-order valence-corrected chi connectivity index (χ2v) is 5.70. The summed E-state index contributed by atoms with van der Waals surface area (Å²) in [5, 5.41) is 14.2. The summed E-state index contributed by atoms with van der Waals surface area (Å²) >= 11 is 5.94. The largest absolute Gasteiger partial charge is 0.377 e. The van der Waals surface area contributed by atoms with Gasteiger partial charge in [0.05, 0.1) is 4.92 Å². The number of nitrogens with one attached hydrogen (secondary N) is 1. The maximum atomic E-state index is 12.7. The zero-order valence-corrected chi connectivity index (χ0v) is 12.1. The van der Waals surface area contributed by atoms with Crippen molar-refractivity contribution in [2.75, 3.05) is 0 Å². The Hall–Kier alpha value is -2.14.